The number of piperidine rings is 1. The fourth-order valence-corrected chi connectivity index (χ4v) is 4.12. The predicted molar refractivity (Wildman–Crippen MR) is 134 cm³/mol. The molecule has 2 heterocycles. The van der Waals surface area contributed by atoms with Crippen LogP contribution in [0, 0.1) is 16.0 Å². The van der Waals surface area contributed by atoms with Crippen molar-refractivity contribution in [1.29, 1.82) is 0 Å². The topological polar surface area (TPSA) is 117 Å². The lowest BCUT2D eigenvalue weighted by Gasteiger charge is -2.33. The molecule has 1 saturated heterocycles. The van der Waals surface area contributed by atoms with Crippen LogP contribution in [-0.2, 0) is 4.74 Å². The van der Waals surface area contributed by atoms with E-state index in [1.807, 2.05) is 32.9 Å². The number of nitro groups is 1. The monoisotopic (exact) mass is 494 g/mol. The Morgan fingerprint density at radius 1 is 1.11 bits per heavy atom. The maximum absolute atomic E-state index is 12.3. The number of carbonyl (C=O) groups is 1. The molecule has 0 bridgehead atoms. The summed E-state index contributed by atoms with van der Waals surface area (Å²) in [5, 5.41) is 11.7. The Balaban J connectivity index is 1.46. The Hall–Kier alpha value is -3.95. The zero-order valence-corrected chi connectivity index (χ0v) is 20.9. The van der Waals surface area contributed by atoms with Crippen molar-refractivity contribution in [2.75, 3.05) is 26.8 Å². The number of benzene rings is 2. The van der Waals surface area contributed by atoms with Crippen molar-refractivity contribution in [3.63, 3.8) is 0 Å². The molecule has 0 atom stereocenters. The van der Waals surface area contributed by atoms with E-state index in [0.717, 1.165) is 23.8 Å². The molecule has 1 aromatic heterocycles. The first-order chi connectivity index (χ1) is 17.1. The molecule has 36 heavy (non-hydrogen) atoms. The third kappa shape index (κ3) is 5.81. The smallest absolute Gasteiger partial charge is 0.410 e. The van der Waals surface area contributed by atoms with Crippen LogP contribution in [0.3, 0.4) is 0 Å². The molecule has 1 aliphatic heterocycles. The van der Waals surface area contributed by atoms with Gasteiger partial charge in [-0.2, -0.15) is 0 Å². The van der Waals surface area contributed by atoms with Crippen LogP contribution in [0.25, 0.3) is 22.2 Å². The van der Waals surface area contributed by atoms with Gasteiger partial charge in [-0.05, 0) is 57.7 Å². The van der Waals surface area contributed by atoms with Crippen molar-refractivity contribution in [3.8, 4) is 22.8 Å². The normalized spacial score (nSPS) is 14.5. The molecule has 190 valence electrons. The van der Waals surface area contributed by atoms with Crippen LogP contribution >= 0.6 is 0 Å². The number of aromatic nitrogens is 2. The molecule has 1 amide bonds. The lowest BCUT2D eigenvalue weighted by molar-refractivity contribution is -0.384. The summed E-state index contributed by atoms with van der Waals surface area (Å²) in [4.78, 5) is 33.4. The minimum Gasteiger partial charge on any atom is -0.493 e. The number of methoxy groups -OCH3 is 1. The Kier molecular flexibility index (Phi) is 7.23. The van der Waals surface area contributed by atoms with Crippen molar-refractivity contribution in [3.05, 3.63) is 52.8 Å². The van der Waals surface area contributed by atoms with Gasteiger partial charge in [0.1, 0.15) is 11.9 Å². The summed E-state index contributed by atoms with van der Waals surface area (Å²) in [6.07, 6.45) is 2.83. The number of non-ortho nitro benzene ring substituents is 1. The van der Waals surface area contributed by atoms with Crippen molar-refractivity contribution in [1.82, 2.24) is 14.9 Å². The van der Waals surface area contributed by atoms with Gasteiger partial charge in [0.2, 0.25) is 0 Å². The Morgan fingerprint density at radius 2 is 1.81 bits per heavy atom. The van der Waals surface area contributed by atoms with Gasteiger partial charge in [-0.1, -0.05) is 0 Å². The highest BCUT2D eigenvalue weighted by Gasteiger charge is 2.27. The molecule has 0 spiro atoms. The average Bonchev–Trinajstić information content (AvgIpc) is 2.85. The van der Waals surface area contributed by atoms with Gasteiger partial charge in [0, 0.05) is 42.2 Å². The highest BCUT2D eigenvalue weighted by Crippen LogP contribution is 2.36. The Labute approximate surface area is 209 Å². The van der Waals surface area contributed by atoms with Gasteiger partial charge in [0.15, 0.2) is 11.5 Å². The highest BCUT2D eigenvalue weighted by atomic mass is 16.6. The molecule has 1 aliphatic rings. The standard InChI is InChI=1S/C26H30N4O6/c1-26(2,3)36-25(31)29-11-9-17(10-12-29)15-35-23-14-21-20(13-22(23)34-4)24(28-16-27-21)18-5-7-19(8-6-18)30(32)33/h5-8,13-14,16-17H,9-12,15H2,1-4H3. The van der Waals surface area contributed by atoms with E-state index in [9.17, 15) is 14.9 Å². The molecule has 1 fully saturated rings. The van der Waals surface area contributed by atoms with Gasteiger partial charge in [-0.15, -0.1) is 0 Å². The predicted octanol–water partition coefficient (Wildman–Crippen LogP) is 5.24. The molecule has 0 radical (unpaired) electrons. The SMILES string of the molecule is COc1cc2c(-c3ccc([N+](=O)[O-])cc3)ncnc2cc1OCC1CCN(C(=O)OC(C)(C)C)CC1. The zero-order valence-electron chi connectivity index (χ0n) is 20.9. The summed E-state index contributed by atoms with van der Waals surface area (Å²) in [6.45, 7) is 7.34. The molecular weight excluding hydrogens is 464 g/mol. The van der Waals surface area contributed by atoms with Gasteiger partial charge in [0.25, 0.3) is 5.69 Å². The number of nitrogens with zero attached hydrogens (tertiary/aromatic N) is 4. The summed E-state index contributed by atoms with van der Waals surface area (Å²) >= 11 is 0. The molecule has 0 aliphatic carbocycles. The van der Waals surface area contributed by atoms with Gasteiger partial charge < -0.3 is 19.1 Å². The molecular formula is C26H30N4O6. The lowest BCUT2D eigenvalue weighted by Crippen LogP contribution is -2.42. The van der Waals surface area contributed by atoms with Gasteiger partial charge >= 0.3 is 6.09 Å². The first-order valence-electron chi connectivity index (χ1n) is 11.8. The molecule has 10 heteroatoms. The summed E-state index contributed by atoms with van der Waals surface area (Å²) in [6, 6.07) is 9.88. The summed E-state index contributed by atoms with van der Waals surface area (Å²) < 4.78 is 17.2. The first-order valence-corrected chi connectivity index (χ1v) is 11.8. The minimum atomic E-state index is -0.508. The third-order valence-corrected chi connectivity index (χ3v) is 6.01. The van der Waals surface area contributed by atoms with Crippen LogP contribution in [0.15, 0.2) is 42.7 Å². The van der Waals surface area contributed by atoms with Crippen LogP contribution in [0.5, 0.6) is 11.5 Å². The van der Waals surface area contributed by atoms with Crippen LogP contribution < -0.4 is 9.47 Å². The number of fused-ring (bicyclic) bond motifs is 1. The number of amides is 1. The molecule has 2 aromatic carbocycles. The van der Waals surface area contributed by atoms with E-state index in [0.29, 0.717) is 48.3 Å². The summed E-state index contributed by atoms with van der Waals surface area (Å²) in [5.41, 5.74) is 1.57. The zero-order chi connectivity index (χ0) is 25.9. The number of hydrogen-bond donors (Lipinski definition) is 0. The van der Waals surface area contributed by atoms with Crippen molar-refractivity contribution < 1.29 is 23.9 Å². The summed E-state index contributed by atoms with van der Waals surface area (Å²) in [7, 11) is 1.57. The van der Waals surface area contributed by atoms with Crippen LogP contribution in [0.1, 0.15) is 33.6 Å². The van der Waals surface area contributed by atoms with E-state index >= 15 is 0 Å². The second-order valence-corrected chi connectivity index (χ2v) is 9.77. The fourth-order valence-electron chi connectivity index (χ4n) is 4.12. The lowest BCUT2D eigenvalue weighted by atomic mass is 9.98. The van der Waals surface area contributed by atoms with E-state index in [4.69, 9.17) is 14.2 Å². The molecule has 0 N–H and O–H groups in total. The average molecular weight is 495 g/mol. The van der Waals surface area contributed by atoms with E-state index in [1.165, 1.54) is 18.5 Å². The molecule has 10 nitrogen and oxygen atoms in total. The quantitative estimate of drug-likeness (QED) is 0.337. The van der Waals surface area contributed by atoms with E-state index in [1.54, 1.807) is 24.1 Å². The molecule has 0 saturated carbocycles. The number of ether oxygens (including phenoxy) is 3. The molecule has 0 unspecified atom stereocenters. The Bertz CT molecular complexity index is 1250. The third-order valence-electron chi connectivity index (χ3n) is 6.01. The second kappa shape index (κ2) is 10.3. The van der Waals surface area contributed by atoms with Crippen LogP contribution in [0.2, 0.25) is 0 Å². The fraction of sp³-hybridized carbons (Fsp3) is 0.423. The largest absolute Gasteiger partial charge is 0.493 e. The van der Waals surface area contributed by atoms with Crippen LogP contribution in [0.4, 0.5) is 10.5 Å². The number of hydrogen-bond acceptors (Lipinski definition) is 8. The van der Waals surface area contributed by atoms with Gasteiger partial charge in [-0.3, -0.25) is 10.1 Å². The first kappa shape index (κ1) is 25.2. The number of likely N-dealkylation sites (tertiary alicyclic amines) is 1. The van der Waals surface area contributed by atoms with Crippen molar-refractivity contribution in [2.45, 2.75) is 39.2 Å². The van der Waals surface area contributed by atoms with Gasteiger partial charge in [0.05, 0.1) is 29.9 Å². The Morgan fingerprint density at radius 3 is 2.42 bits per heavy atom. The maximum Gasteiger partial charge on any atom is 0.410 e. The number of nitro benzene ring substituents is 1. The van der Waals surface area contributed by atoms with E-state index < -0.39 is 10.5 Å². The summed E-state index contributed by atoms with van der Waals surface area (Å²) in [5.74, 6) is 1.42. The van der Waals surface area contributed by atoms with Crippen LogP contribution in [-0.4, -0.2) is 58.3 Å². The molecule has 4 rings (SSSR count). The van der Waals surface area contributed by atoms with Crippen molar-refractivity contribution >= 4 is 22.7 Å². The maximum atomic E-state index is 12.3. The van der Waals surface area contributed by atoms with E-state index in [-0.39, 0.29) is 11.8 Å². The number of rotatable bonds is 6. The van der Waals surface area contributed by atoms with Gasteiger partial charge in [-0.25, -0.2) is 14.8 Å². The second-order valence-electron chi connectivity index (χ2n) is 9.77. The highest BCUT2D eigenvalue weighted by molar-refractivity contribution is 5.94. The minimum absolute atomic E-state index is 0.0160. The molecule has 3 aromatic rings. The van der Waals surface area contributed by atoms with E-state index in [2.05, 4.69) is 9.97 Å². The number of carbonyl (C=O) groups excluding carboxylic acids is 1. The van der Waals surface area contributed by atoms with Crippen molar-refractivity contribution in [2.24, 2.45) is 5.92 Å².